The molecule has 5 N–H and O–H groups in total. The van der Waals surface area contributed by atoms with Crippen LogP contribution in [0.3, 0.4) is 0 Å². The van der Waals surface area contributed by atoms with Gasteiger partial charge in [-0.2, -0.15) is 0 Å². The van der Waals surface area contributed by atoms with E-state index in [4.69, 9.17) is 16.2 Å². The summed E-state index contributed by atoms with van der Waals surface area (Å²) in [5, 5.41) is 2.97. The lowest BCUT2D eigenvalue weighted by atomic mass is 9.65. The van der Waals surface area contributed by atoms with E-state index in [2.05, 4.69) is 5.32 Å². The van der Waals surface area contributed by atoms with E-state index in [1.165, 1.54) is 6.42 Å². The lowest BCUT2D eigenvalue weighted by molar-refractivity contribution is -0.122. The number of primary amides is 1. The van der Waals surface area contributed by atoms with E-state index in [0.29, 0.717) is 23.3 Å². The van der Waals surface area contributed by atoms with Crippen LogP contribution in [0.5, 0.6) is 5.75 Å². The summed E-state index contributed by atoms with van der Waals surface area (Å²) in [5.74, 6) is 0.988. The molecule has 2 bridgehead atoms. The molecule has 138 valence electrons. The largest absolute Gasteiger partial charge is 0.484 e. The lowest BCUT2D eigenvalue weighted by Gasteiger charge is -2.43. The molecular weight excluding hydrogens is 342 g/mol. The maximum absolute atomic E-state index is 12.6. The van der Waals surface area contributed by atoms with Gasteiger partial charge < -0.3 is 21.5 Å². The van der Waals surface area contributed by atoms with Gasteiger partial charge in [-0.25, -0.2) is 0 Å². The summed E-state index contributed by atoms with van der Waals surface area (Å²) in [4.78, 5) is 23.4. The Morgan fingerprint density at radius 3 is 2.52 bits per heavy atom. The van der Waals surface area contributed by atoms with Gasteiger partial charge in [0.25, 0.3) is 5.91 Å². The summed E-state index contributed by atoms with van der Waals surface area (Å²) in [6, 6.07) is 7.27. The predicted octanol–water partition coefficient (Wildman–Crippen LogP) is 2.06. The van der Waals surface area contributed by atoms with E-state index >= 15 is 0 Å². The van der Waals surface area contributed by atoms with Gasteiger partial charge in [-0.15, -0.1) is 12.4 Å². The van der Waals surface area contributed by atoms with Gasteiger partial charge in [-0.05, 0) is 49.7 Å². The highest BCUT2D eigenvalue weighted by Crippen LogP contribution is 2.42. The van der Waals surface area contributed by atoms with Gasteiger partial charge in [0.1, 0.15) is 5.75 Å². The number of amides is 2. The summed E-state index contributed by atoms with van der Waals surface area (Å²) in [7, 11) is 0. The fraction of sp³-hybridized carbons (Fsp3) is 0.556. The number of carbonyl (C=O) groups excluding carboxylic acids is 2. The Labute approximate surface area is 154 Å². The van der Waals surface area contributed by atoms with Gasteiger partial charge >= 0.3 is 0 Å². The first-order chi connectivity index (χ1) is 11.5. The molecule has 0 saturated heterocycles. The van der Waals surface area contributed by atoms with Crippen molar-refractivity contribution in [2.45, 2.75) is 38.1 Å². The first-order valence-corrected chi connectivity index (χ1v) is 8.60. The second-order valence-corrected chi connectivity index (χ2v) is 6.97. The number of benzene rings is 1. The zero-order valence-electron chi connectivity index (χ0n) is 14.1. The molecule has 0 spiro atoms. The quantitative estimate of drug-likeness (QED) is 0.740. The van der Waals surface area contributed by atoms with Crippen LogP contribution in [0, 0.1) is 17.8 Å². The highest BCUT2D eigenvalue weighted by Gasteiger charge is 2.40. The van der Waals surface area contributed by atoms with Gasteiger partial charge in [0, 0.05) is 23.7 Å². The number of hydrogen-bond donors (Lipinski definition) is 3. The van der Waals surface area contributed by atoms with E-state index in [9.17, 15) is 9.59 Å². The number of hydrogen-bond acceptors (Lipinski definition) is 4. The number of nitrogens with one attached hydrogen (secondary N) is 1. The Morgan fingerprint density at radius 1 is 1.20 bits per heavy atom. The lowest BCUT2D eigenvalue weighted by Crippen LogP contribution is -2.48. The van der Waals surface area contributed by atoms with Gasteiger partial charge in [0.15, 0.2) is 6.61 Å². The molecule has 7 heteroatoms. The van der Waals surface area contributed by atoms with Crippen LogP contribution in [0.4, 0.5) is 5.69 Å². The molecular formula is C18H26ClN3O3. The van der Waals surface area contributed by atoms with Crippen LogP contribution in [-0.2, 0) is 9.59 Å². The monoisotopic (exact) mass is 367 g/mol. The van der Waals surface area contributed by atoms with Crippen molar-refractivity contribution in [3.63, 3.8) is 0 Å². The van der Waals surface area contributed by atoms with Crippen molar-refractivity contribution in [3.8, 4) is 5.75 Å². The van der Waals surface area contributed by atoms with Crippen molar-refractivity contribution in [1.29, 1.82) is 0 Å². The van der Waals surface area contributed by atoms with Crippen LogP contribution >= 0.6 is 12.4 Å². The maximum Gasteiger partial charge on any atom is 0.255 e. The van der Waals surface area contributed by atoms with Gasteiger partial charge in [0.2, 0.25) is 5.91 Å². The minimum absolute atomic E-state index is 0. The normalized spacial score (nSPS) is 27.7. The van der Waals surface area contributed by atoms with Crippen LogP contribution in [0.15, 0.2) is 24.3 Å². The molecule has 2 atom stereocenters. The van der Waals surface area contributed by atoms with Crippen LogP contribution in [-0.4, -0.2) is 24.5 Å². The number of halogens is 1. The number of fused-ring (bicyclic) bond motifs is 2. The highest BCUT2D eigenvalue weighted by atomic mass is 35.5. The molecule has 0 aliphatic heterocycles. The topological polar surface area (TPSA) is 107 Å². The molecule has 0 aromatic heterocycles. The molecule has 2 saturated carbocycles. The fourth-order valence-corrected chi connectivity index (χ4v) is 4.07. The number of ether oxygens (including phenoxy) is 1. The van der Waals surface area contributed by atoms with Gasteiger partial charge in [0.05, 0.1) is 0 Å². The van der Waals surface area contributed by atoms with E-state index in [1.807, 2.05) is 6.07 Å². The Hall–Kier alpha value is -1.79. The molecule has 1 aromatic rings. The first kappa shape index (κ1) is 19.5. The molecule has 0 radical (unpaired) electrons. The Kier molecular flexibility index (Phi) is 6.67. The third kappa shape index (κ3) is 4.86. The highest BCUT2D eigenvalue weighted by molar-refractivity contribution is 5.92. The molecule has 1 aromatic carbocycles. The van der Waals surface area contributed by atoms with E-state index in [-0.39, 0.29) is 36.9 Å². The zero-order valence-corrected chi connectivity index (χ0v) is 15.0. The number of nitrogens with two attached hydrogens (primary N) is 2. The maximum atomic E-state index is 12.6. The first-order valence-electron chi connectivity index (χ1n) is 8.60. The fourth-order valence-electron chi connectivity index (χ4n) is 4.07. The Morgan fingerprint density at radius 2 is 1.88 bits per heavy atom. The number of anilines is 1. The second-order valence-electron chi connectivity index (χ2n) is 6.97. The molecule has 0 heterocycles. The summed E-state index contributed by atoms with van der Waals surface area (Å²) < 4.78 is 5.27. The number of rotatable bonds is 5. The summed E-state index contributed by atoms with van der Waals surface area (Å²) in [6.45, 7) is -0.179. The Balaban J connectivity index is 0.00000225. The molecule has 6 nitrogen and oxygen atoms in total. The van der Waals surface area contributed by atoms with Crippen molar-refractivity contribution in [2.75, 3.05) is 11.9 Å². The average molecular weight is 368 g/mol. The molecule has 2 unspecified atom stereocenters. The third-order valence-corrected chi connectivity index (χ3v) is 5.27. The molecule has 2 aliphatic carbocycles. The molecule has 2 aliphatic rings. The second kappa shape index (κ2) is 8.54. The molecule has 25 heavy (non-hydrogen) atoms. The smallest absolute Gasteiger partial charge is 0.255 e. The van der Waals surface area contributed by atoms with Crippen molar-refractivity contribution in [3.05, 3.63) is 24.3 Å². The SMILES string of the molecule is Cl.NC(=O)COc1cccc(NC(=O)C2CC3CCCC(C2)C3N)c1. The minimum Gasteiger partial charge on any atom is -0.484 e. The third-order valence-electron chi connectivity index (χ3n) is 5.27. The van der Waals surface area contributed by atoms with Crippen LogP contribution in [0.1, 0.15) is 32.1 Å². The van der Waals surface area contributed by atoms with Crippen molar-refractivity contribution >= 4 is 29.9 Å². The summed E-state index contributed by atoms with van der Waals surface area (Å²) >= 11 is 0. The van der Waals surface area contributed by atoms with Gasteiger partial charge in [-0.3, -0.25) is 9.59 Å². The summed E-state index contributed by atoms with van der Waals surface area (Å²) in [5.41, 5.74) is 12.0. The standard InChI is InChI=1S/C18H25N3O3.ClH/c19-16(22)10-24-15-6-2-5-14(9-15)21-18(23)13-7-11-3-1-4-12(8-13)17(11)20;/h2,5-6,9,11-13,17H,1,3-4,7-8,10,20H2,(H2,19,22)(H,21,23);1H. The van der Waals surface area contributed by atoms with E-state index < -0.39 is 5.91 Å². The van der Waals surface area contributed by atoms with Crippen molar-refractivity contribution < 1.29 is 14.3 Å². The zero-order chi connectivity index (χ0) is 17.1. The van der Waals surface area contributed by atoms with Crippen LogP contribution in [0.2, 0.25) is 0 Å². The minimum atomic E-state index is -0.533. The molecule has 2 fully saturated rings. The Bertz CT molecular complexity index is 611. The van der Waals surface area contributed by atoms with Crippen LogP contribution in [0.25, 0.3) is 0 Å². The summed E-state index contributed by atoms with van der Waals surface area (Å²) in [6.07, 6.45) is 5.26. The van der Waals surface area contributed by atoms with E-state index in [0.717, 1.165) is 25.7 Å². The average Bonchev–Trinajstić information content (AvgIpc) is 2.53. The van der Waals surface area contributed by atoms with Crippen molar-refractivity contribution in [2.24, 2.45) is 29.2 Å². The number of carbonyl (C=O) groups is 2. The molecule has 2 amide bonds. The van der Waals surface area contributed by atoms with Crippen LogP contribution < -0.4 is 21.5 Å². The van der Waals surface area contributed by atoms with Gasteiger partial charge in [-0.1, -0.05) is 12.5 Å². The molecule has 3 rings (SSSR count). The predicted molar refractivity (Wildman–Crippen MR) is 98.5 cm³/mol. The van der Waals surface area contributed by atoms with Crippen molar-refractivity contribution in [1.82, 2.24) is 0 Å². The van der Waals surface area contributed by atoms with E-state index in [1.54, 1.807) is 18.2 Å².